The molecule has 0 aliphatic heterocycles. The Morgan fingerprint density at radius 3 is 2.60 bits per heavy atom. The van der Waals surface area contributed by atoms with Crippen LogP contribution in [0, 0.1) is 0 Å². The number of ether oxygens (including phenoxy) is 1. The van der Waals surface area contributed by atoms with E-state index < -0.39 is 12.0 Å². The van der Waals surface area contributed by atoms with Crippen LogP contribution in [0.3, 0.4) is 0 Å². The Morgan fingerprint density at radius 2 is 2.07 bits per heavy atom. The van der Waals surface area contributed by atoms with E-state index in [4.69, 9.17) is 15.1 Å². The summed E-state index contributed by atoms with van der Waals surface area (Å²) in [4.78, 5) is 10.7. The van der Waals surface area contributed by atoms with Crippen LogP contribution < -0.4 is 5.48 Å². The Kier molecular flexibility index (Phi) is 4.76. The van der Waals surface area contributed by atoms with Gasteiger partial charge in [0.1, 0.15) is 12.7 Å². The number of hydroxylamine groups is 1. The first-order chi connectivity index (χ1) is 7.27. The highest BCUT2D eigenvalue weighted by Gasteiger charge is 2.11. The highest BCUT2D eigenvalue weighted by Crippen LogP contribution is 2.15. The second kappa shape index (κ2) is 6.13. The first-order valence-corrected chi connectivity index (χ1v) is 4.48. The highest BCUT2D eigenvalue weighted by atomic mass is 16.5. The smallest absolute Gasteiger partial charge is 0.269 e. The average molecular weight is 211 g/mol. The normalized spacial score (nSPS) is 12.1. The zero-order valence-electron chi connectivity index (χ0n) is 8.09. The van der Waals surface area contributed by atoms with Gasteiger partial charge in [0.15, 0.2) is 0 Å². The van der Waals surface area contributed by atoms with Gasteiger partial charge in [-0.3, -0.25) is 10.0 Å². The third kappa shape index (κ3) is 3.67. The molecule has 0 saturated carbocycles. The molecule has 0 heterocycles. The van der Waals surface area contributed by atoms with Crippen LogP contribution >= 0.6 is 0 Å². The predicted molar refractivity (Wildman–Crippen MR) is 52.2 cm³/mol. The molecule has 0 bridgehead atoms. The van der Waals surface area contributed by atoms with E-state index in [9.17, 15) is 4.79 Å². The molecule has 1 amide bonds. The van der Waals surface area contributed by atoms with Crippen LogP contribution in [0.15, 0.2) is 30.3 Å². The molecular formula is C10H13NO4. The lowest BCUT2D eigenvalue weighted by Crippen LogP contribution is -2.25. The largest absolute Gasteiger partial charge is 0.393 e. The maximum atomic E-state index is 10.7. The maximum Gasteiger partial charge on any atom is 0.269 e. The van der Waals surface area contributed by atoms with Gasteiger partial charge in [0.05, 0.1) is 6.61 Å². The molecule has 0 saturated heterocycles. The molecule has 1 rings (SSSR count). The molecule has 3 N–H and O–H groups in total. The van der Waals surface area contributed by atoms with Crippen molar-refractivity contribution < 1.29 is 19.8 Å². The molecule has 5 heteroatoms. The topological polar surface area (TPSA) is 78.8 Å². The van der Waals surface area contributed by atoms with Crippen molar-refractivity contribution in [2.45, 2.75) is 6.10 Å². The van der Waals surface area contributed by atoms with Gasteiger partial charge in [-0.05, 0) is 5.56 Å². The van der Waals surface area contributed by atoms with Gasteiger partial charge in [-0.1, -0.05) is 30.3 Å². The lowest BCUT2D eigenvalue weighted by Gasteiger charge is -2.14. The van der Waals surface area contributed by atoms with E-state index in [1.54, 1.807) is 12.1 Å². The predicted octanol–water partition coefficient (Wildman–Crippen LogP) is 0.242. The zero-order valence-corrected chi connectivity index (χ0v) is 8.09. The number of aliphatic hydroxyl groups excluding tert-OH is 1. The summed E-state index contributed by atoms with van der Waals surface area (Å²) in [6.45, 7) is -0.515. The van der Waals surface area contributed by atoms with Gasteiger partial charge in [0, 0.05) is 0 Å². The second-order valence-corrected chi connectivity index (χ2v) is 2.93. The summed E-state index contributed by atoms with van der Waals surface area (Å²) < 4.78 is 5.11. The Hall–Kier alpha value is -1.43. The molecule has 0 aromatic heterocycles. The fraction of sp³-hybridized carbons (Fsp3) is 0.300. The molecule has 5 nitrogen and oxygen atoms in total. The van der Waals surface area contributed by atoms with Crippen molar-refractivity contribution in [1.82, 2.24) is 5.48 Å². The van der Waals surface area contributed by atoms with Crippen LogP contribution in [0.4, 0.5) is 0 Å². The molecule has 0 aliphatic rings. The molecule has 1 aromatic rings. The van der Waals surface area contributed by atoms with Crippen molar-refractivity contribution in [2.75, 3.05) is 13.2 Å². The number of carbonyl (C=O) groups excluding carboxylic acids is 1. The van der Waals surface area contributed by atoms with E-state index in [1.165, 1.54) is 5.48 Å². The van der Waals surface area contributed by atoms with Crippen molar-refractivity contribution in [2.24, 2.45) is 0 Å². The van der Waals surface area contributed by atoms with Crippen LogP contribution in [0.2, 0.25) is 0 Å². The molecular weight excluding hydrogens is 198 g/mol. The third-order valence-electron chi connectivity index (χ3n) is 1.88. The van der Waals surface area contributed by atoms with Gasteiger partial charge >= 0.3 is 0 Å². The molecule has 0 radical (unpaired) electrons. The summed E-state index contributed by atoms with van der Waals surface area (Å²) in [5.74, 6) is -0.649. The molecule has 1 atom stereocenters. The van der Waals surface area contributed by atoms with Crippen LogP contribution in [-0.4, -0.2) is 29.4 Å². The lowest BCUT2D eigenvalue weighted by atomic mass is 10.1. The minimum atomic E-state index is -0.649. The molecule has 0 fully saturated rings. The Bertz CT molecular complexity index is 302. The second-order valence-electron chi connectivity index (χ2n) is 2.93. The van der Waals surface area contributed by atoms with Crippen molar-refractivity contribution in [3.05, 3.63) is 35.9 Å². The molecule has 0 spiro atoms. The van der Waals surface area contributed by atoms with Gasteiger partial charge in [0.2, 0.25) is 0 Å². The first-order valence-electron chi connectivity index (χ1n) is 4.48. The summed E-state index contributed by atoms with van der Waals surface area (Å²) >= 11 is 0. The number of rotatable bonds is 5. The van der Waals surface area contributed by atoms with Crippen molar-refractivity contribution in [3.63, 3.8) is 0 Å². The minimum absolute atomic E-state index is 0.220. The van der Waals surface area contributed by atoms with E-state index in [0.29, 0.717) is 0 Å². The van der Waals surface area contributed by atoms with Crippen LogP contribution in [-0.2, 0) is 9.53 Å². The third-order valence-corrected chi connectivity index (χ3v) is 1.88. The monoisotopic (exact) mass is 211 g/mol. The molecule has 0 aliphatic carbocycles. The van der Waals surface area contributed by atoms with Crippen molar-refractivity contribution in [1.29, 1.82) is 0 Å². The summed E-state index contributed by atoms with van der Waals surface area (Å²) in [6, 6.07) is 9.05. The van der Waals surface area contributed by atoms with Gasteiger partial charge < -0.3 is 9.84 Å². The molecule has 1 aromatic carbocycles. The van der Waals surface area contributed by atoms with E-state index in [0.717, 1.165) is 5.56 Å². The molecule has 0 unspecified atom stereocenters. The fourth-order valence-corrected chi connectivity index (χ4v) is 1.13. The summed E-state index contributed by atoms with van der Waals surface area (Å²) in [5.41, 5.74) is 2.23. The summed E-state index contributed by atoms with van der Waals surface area (Å²) in [5, 5.41) is 17.3. The SMILES string of the molecule is O=C(CO[C@@H](CO)c1ccccc1)NO. The summed E-state index contributed by atoms with van der Waals surface area (Å²) in [6.07, 6.45) is -0.552. The highest BCUT2D eigenvalue weighted by molar-refractivity contribution is 5.75. The number of hydrogen-bond donors (Lipinski definition) is 3. The van der Waals surface area contributed by atoms with Crippen LogP contribution in [0.25, 0.3) is 0 Å². The van der Waals surface area contributed by atoms with Gasteiger partial charge in [-0.25, -0.2) is 5.48 Å². The number of benzene rings is 1. The number of amides is 1. The van der Waals surface area contributed by atoms with Crippen LogP contribution in [0.5, 0.6) is 0 Å². The van der Waals surface area contributed by atoms with E-state index in [1.807, 2.05) is 18.2 Å². The van der Waals surface area contributed by atoms with Crippen LogP contribution in [0.1, 0.15) is 11.7 Å². The standard InChI is InChI=1S/C10H13NO4/c12-6-9(15-7-10(13)11-14)8-4-2-1-3-5-8/h1-5,9,12,14H,6-7H2,(H,11,13)/t9-/m0/s1. The number of carbonyl (C=O) groups is 1. The number of nitrogens with one attached hydrogen (secondary N) is 1. The van der Waals surface area contributed by atoms with E-state index >= 15 is 0 Å². The quantitative estimate of drug-likeness (QED) is 0.481. The summed E-state index contributed by atoms with van der Waals surface area (Å²) in [7, 11) is 0. The fourth-order valence-electron chi connectivity index (χ4n) is 1.13. The van der Waals surface area contributed by atoms with E-state index in [-0.39, 0.29) is 13.2 Å². The Morgan fingerprint density at radius 1 is 1.40 bits per heavy atom. The van der Waals surface area contributed by atoms with E-state index in [2.05, 4.69) is 0 Å². The van der Waals surface area contributed by atoms with Crippen molar-refractivity contribution >= 4 is 5.91 Å². The average Bonchev–Trinajstić information content (AvgIpc) is 2.31. The molecule has 82 valence electrons. The Balaban J connectivity index is 2.53. The zero-order chi connectivity index (χ0) is 11.1. The minimum Gasteiger partial charge on any atom is -0.393 e. The Labute approximate surface area is 87.3 Å². The lowest BCUT2D eigenvalue weighted by molar-refractivity contribution is -0.137. The molecule has 15 heavy (non-hydrogen) atoms. The first kappa shape index (κ1) is 11.6. The van der Waals surface area contributed by atoms with Crippen molar-refractivity contribution in [3.8, 4) is 0 Å². The van der Waals surface area contributed by atoms with Gasteiger partial charge in [0.25, 0.3) is 5.91 Å². The van der Waals surface area contributed by atoms with Gasteiger partial charge in [-0.15, -0.1) is 0 Å². The number of hydrogen-bond acceptors (Lipinski definition) is 4. The number of aliphatic hydroxyl groups is 1. The van der Waals surface area contributed by atoms with Gasteiger partial charge in [-0.2, -0.15) is 0 Å². The maximum absolute atomic E-state index is 10.7.